The van der Waals surface area contributed by atoms with Crippen LogP contribution in [0.1, 0.15) is 25.0 Å². The lowest BCUT2D eigenvalue weighted by molar-refractivity contribution is -0.147. The lowest BCUT2D eigenvalue weighted by Crippen LogP contribution is -2.44. The Morgan fingerprint density at radius 2 is 1.63 bits per heavy atom. The molecule has 1 aliphatic rings. The number of benzene rings is 3. The first kappa shape index (κ1) is 28.8. The van der Waals surface area contributed by atoms with E-state index in [4.69, 9.17) is 14.6 Å². The molecule has 4 aromatic rings. The Kier molecular flexibility index (Phi) is 8.58. The van der Waals surface area contributed by atoms with Gasteiger partial charge >= 0.3 is 5.97 Å². The van der Waals surface area contributed by atoms with E-state index < -0.39 is 17.8 Å². The van der Waals surface area contributed by atoms with Gasteiger partial charge in [-0.25, -0.2) is 4.68 Å². The van der Waals surface area contributed by atoms with Crippen molar-refractivity contribution < 1.29 is 23.9 Å². The van der Waals surface area contributed by atoms with Gasteiger partial charge < -0.3 is 9.47 Å². The monoisotopic (exact) mass is 572 g/mol. The second kappa shape index (κ2) is 12.8. The van der Waals surface area contributed by atoms with Gasteiger partial charge in [0.05, 0.1) is 17.9 Å². The molecule has 1 aliphatic heterocycles. The third-order valence-corrected chi connectivity index (χ3v) is 6.88. The number of carbonyl (C=O) groups is 3. The molecule has 1 aromatic heterocycles. The van der Waals surface area contributed by atoms with Gasteiger partial charge in [0.25, 0.3) is 11.8 Å². The maximum atomic E-state index is 13.6. The second-order valence-corrected chi connectivity index (χ2v) is 9.78. The van der Waals surface area contributed by atoms with E-state index in [1.165, 1.54) is 6.92 Å². The van der Waals surface area contributed by atoms with Crippen molar-refractivity contribution in [3.8, 4) is 28.8 Å². The van der Waals surface area contributed by atoms with Crippen LogP contribution in [0.2, 0.25) is 0 Å². The van der Waals surface area contributed by atoms with Crippen LogP contribution >= 0.6 is 0 Å². The fourth-order valence-corrected chi connectivity index (χ4v) is 4.65. The Bertz CT molecular complexity index is 1760. The van der Waals surface area contributed by atoms with Gasteiger partial charge in [0.1, 0.15) is 30.6 Å². The number of hydrogen-bond acceptors (Lipinski definition) is 7. The average Bonchev–Trinajstić information content (AvgIpc) is 3.45. The SMILES string of the molecule is CC(=O)OCCN1C(=O)C(C#N)=C(C)/C(=C\c2cn(-c3ccccc3)nc2-c2ccc(OCc3ccccc3)cc2)C1=O. The summed E-state index contributed by atoms with van der Waals surface area (Å²) in [6.07, 6.45) is 3.44. The fourth-order valence-electron chi connectivity index (χ4n) is 4.65. The summed E-state index contributed by atoms with van der Waals surface area (Å²) in [6.45, 7) is 2.90. The summed E-state index contributed by atoms with van der Waals surface area (Å²) < 4.78 is 12.6. The maximum Gasteiger partial charge on any atom is 0.302 e. The van der Waals surface area contributed by atoms with Crippen molar-refractivity contribution in [2.24, 2.45) is 0 Å². The summed E-state index contributed by atoms with van der Waals surface area (Å²) >= 11 is 0. The molecular formula is C34H28N4O5. The van der Waals surface area contributed by atoms with E-state index in [1.807, 2.05) is 91.0 Å². The molecule has 0 aliphatic carbocycles. The van der Waals surface area contributed by atoms with Crippen LogP contribution in [-0.4, -0.2) is 45.6 Å². The number of para-hydroxylation sites is 1. The molecule has 0 N–H and O–H groups in total. The van der Waals surface area contributed by atoms with Crippen LogP contribution in [-0.2, 0) is 25.7 Å². The van der Waals surface area contributed by atoms with Gasteiger partial charge in [0, 0.05) is 29.8 Å². The molecule has 214 valence electrons. The van der Waals surface area contributed by atoms with Gasteiger partial charge in [0.15, 0.2) is 0 Å². The van der Waals surface area contributed by atoms with E-state index in [-0.39, 0.29) is 29.9 Å². The van der Waals surface area contributed by atoms with E-state index in [0.29, 0.717) is 23.6 Å². The van der Waals surface area contributed by atoms with Crippen molar-refractivity contribution in [1.82, 2.24) is 14.7 Å². The highest BCUT2D eigenvalue weighted by Crippen LogP contribution is 2.32. The molecule has 0 unspecified atom stereocenters. The minimum absolute atomic E-state index is 0.148. The topological polar surface area (TPSA) is 115 Å². The Morgan fingerprint density at radius 3 is 2.28 bits per heavy atom. The van der Waals surface area contributed by atoms with Crippen LogP contribution in [0.25, 0.3) is 23.0 Å². The highest BCUT2D eigenvalue weighted by atomic mass is 16.5. The summed E-state index contributed by atoms with van der Waals surface area (Å²) in [7, 11) is 0. The number of hydrogen-bond donors (Lipinski definition) is 0. The van der Waals surface area contributed by atoms with Crippen molar-refractivity contribution in [1.29, 1.82) is 5.26 Å². The first-order chi connectivity index (χ1) is 20.9. The van der Waals surface area contributed by atoms with E-state index in [1.54, 1.807) is 23.9 Å². The van der Waals surface area contributed by atoms with Crippen LogP contribution in [0, 0.1) is 11.3 Å². The van der Waals surface area contributed by atoms with Crippen molar-refractivity contribution in [2.45, 2.75) is 20.5 Å². The Labute approximate surface area is 248 Å². The number of imide groups is 1. The molecule has 2 heterocycles. The van der Waals surface area contributed by atoms with Crippen molar-refractivity contribution in [3.05, 3.63) is 119 Å². The molecule has 0 radical (unpaired) electrons. The van der Waals surface area contributed by atoms with E-state index >= 15 is 0 Å². The zero-order valence-corrected chi connectivity index (χ0v) is 23.7. The second-order valence-electron chi connectivity index (χ2n) is 9.78. The van der Waals surface area contributed by atoms with E-state index in [0.717, 1.165) is 21.7 Å². The molecule has 9 nitrogen and oxygen atoms in total. The van der Waals surface area contributed by atoms with Crippen LogP contribution in [0.15, 0.2) is 108 Å². The molecule has 9 heteroatoms. The number of rotatable bonds is 9. The van der Waals surface area contributed by atoms with Gasteiger partial charge in [-0.05, 0) is 60.5 Å². The minimum Gasteiger partial charge on any atom is -0.489 e. The predicted molar refractivity (Wildman–Crippen MR) is 159 cm³/mol. The Balaban J connectivity index is 1.52. The minimum atomic E-state index is -0.722. The van der Waals surface area contributed by atoms with Gasteiger partial charge in [-0.15, -0.1) is 0 Å². The van der Waals surface area contributed by atoms with Crippen LogP contribution in [0.5, 0.6) is 5.75 Å². The Hall–Kier alpha value is -5.75. The lowest BCUT2D eigenvalue weighted by atomic mass is 9.93. The molecule has 0 fully saturated rings. The summed E-state index contributed by atoms with van der Waals surface area (Å²) in [5.74, 6) is -1.15. The number of esters is 1. The molecule has 0 saturated heterocycles. The van der Waals surface area contributed by atoms with Crippen molar-refractivity contribution in [3.63, 3.8) is 0 Å². The largest absolute Gasteiger partial charge is 0.489 e. The fraction of sp³-hybridized carbons (Fsp3) is 0.147. The maximum absolute atomic E-state index is 13.6. The quantitative estimate of drug-likeness (QED) is 0.152. The number of carbonyl (C=O) groups excluding carboxylic acids is 3. The smallest absolute Gasteiger partial charge is 0.302 e. The third kappa shape index (κ3) is 6.44. The normalized spacial score (nSPS) is 14.2. The van der Waals surface area contributed by atoms with Gasteiger partial charge in [0.2, 0.25) is 0 Å². The number of aromatic nitrogens is 2. The lowest BCUT2D eigenvalue weighted by Gasteiger charge is -2.27. The number of ether oxygens (including phenoxy) is 2. The molecule has 0 saturated carbocycles. The highest BCUT2D eigenvalue weighted by molar-refractivity contribution is 6.19. The van der Waals surface area contributed by atoms with E-state index in [2.05, 4.69) is 0 Å². The zero-order chi connectivity index (χ0) is 30.3. The standard InChI is InChI=1S/C34H28N4O5/c1-23-30(33(40)37(17-18-42-24(2)39)34(41)31(23)20-35)19-27-21-38(28-11-7-4-8-12-28)36-32(27)26-13-15-29(16-14-26)43-22-25-9-5-3-6-10-25/h3-16,19,21H,17-18,22H2,1-2H3/b30-19+. The summed E-state index contributed by atoms with van der Waals surface area (Å²) in [6, 6.07) is 28.8. The van der Waals surface area contributed by atoms with E-state index in [9.17, 15) is 19.6 Å². The van der Waals surface area contributed by atoms with Crippen molar-refractivity contribution in [2.75, 3.05) is 13.2 Å². The molecule has 0 bridgehead atoms. The molecule has 43 heavy (non-hydrogen) atoms. The average molecular weight is 573 g/mol. The Morgan fingerprint density at radius 1 is 0.953 bits per heavy atom. The summed E-state index contributed by atoms with van der Waals surface area (Å²) in [5.41, 5.74) is 4.14. The summed E-state index contributed by atoms with van der Waals surface area (Å²) in [5, 5.41) is 14.6. The van der Waals surface area contributed by atoms with Crippen LogP contribution < -0.4 is 4.74 Å². The molecular weight excluding hydrogens is 544 g/mol. The van der Waals surface area contributed by atoms with Crippen LogP contribution in [0.3, 0.4) is 0 Å². The van der Waals surface area contributed by atoms with Crippen molar-refractivity contribution >= 4 is 23.9 Å². The number of amides is 2. The molecule has 0 atom stereocenters. The van der Waals surface area contributed by atoms with Gasteiger partial charge in [-0.1, -0.05) is 48.5 Å². The molecule has 3 aromatic carbocycles. The van der Waals surface area contributed by atoms with Crippen LogP contribution in [0.4, 0.5) is 0 Å². The van der Waals surface area contributed by atoms with Gasteiger partial charge in [-0.3, -0.25) is 19.3 Å². The molecule has 0 spiro atoms. The highest BCUT2D eigenvalue weighted by Gasteiger charge is 2.35. The number of nitrogens with zero attached hydrogens (tertiary/aromatic N) is 4. The number of nitriles is 1. The zero-order valence-electron chi connectivity index (χ0n) is 23.7. The first-order valence-corrected chi connectivity index (χ1v) is 13.6. The predicted octanol–water partition coefficient (Wildman–Crippen LogP) is 5.27. The molecule has 2 amide bonds. The van der Waals surface area contributed by atoms with Gasteiger partial charge in [-0.2, -0.15) is 10.4 Å². The third-order valence-electron chi connectivity index (χ3n) is 6.88. The summed E-state index contributed by atoms with van der Waals surface area (Å²) in [4.78, 5) is 38.7. The molecule has 5 rings (SSSR count). The first-order valence-electron chi connectivity index (χ1n) is 13.6.